The molecule has 1 aromatic carbocycles. The Morgan fingerprint density at radius 1 is 1.39 bits per heavy atom. The molecular formula is C15H22N2O. The molecule has 3 heteroatoms. The number of benzene rings is 1. The van der Waals surface area contributed by atoms with Gasteiger partial charge in [0.05, 0.1) is 6.61 Å². The minimum absolute atomic E-state index is 0.672. The molecule has 0 aliphatic carbocycles. The summed E-state index contributed by atoms with van der Waals surface area (Å²) in [5, 5.41) is 3.39. The third-order valence-electron chi connectivity index (χ3n) is 3.99. The molecule has 1 fully saturated rings. The van der Waals surface area contributed by atoms with Crippen molar-refractivity contribution in [3.8, 4) is 5.75 Å². The Bertz CT molecular complexity index is 425. The fourth-order valence-electron chi connectivity index (χ4n) is 2.71. The topological polar surface area (TPSA) is 24.5 Å². The highest BCUT2D eigenvalue weighted by Crippen LogP contribution is 2.27. The number of hydrogen-bond acceptors (Lipinski definition) is 3. The van der Waals surface area contributed by atoms with Crippen LogP contribution in [0.4, 0.5) is 5.69 Å². The SMILES string of the molecule is CC(C)N1CC(COc2ccc3c(c2)NCC3)C1. The first-order valence-corrected chi connectivity index (χ1v) is 6.96. The average molecular weight is 246 g/mol. The monoisotopic (exact) mass is 246 g/mol. The molecule has 0 amide bonds. The van der Waals surface area contributed by atoms with Crippen molar-refractivity contribution in [3.63, 3.8) is 0 Å². The molecule has 0 saturated carbocycles. The molecule has 98 valence electrons. The van der Waals surface area contributed by atoms with Crippen LogP contribution in [0.25, 0.3) is 0 Å². The maximum absolute atomic E-state index is 5.90. The second-order valence-electron chi connectivity index (χ2n) is 5.72. The Kier molecular flexibility index (Phi) is 3.16. The molecule has 1 saturated heterocycles. The largest absolute Gasteiger partial charge is 0.493 e. The van der Waals surface area contributed by atoms with Crippen molar-refractivity contribution in [1.29, 1.82) is 0 Å². The van der Waals surface area contributed by atoms with Crippen molar-refractivity contribution in [2.24, 2.45) is 5.92 Å². The fraction of sp³-hybridized carbons (Fsp3) is 0.600. The summed E-state index contributed by atoms with van der Waals surface area (Å²) >= 11 is 0. The summed E-state index contributed by atoms with van der Waals surface area (Å²) in [6.45, 7) is 8.78. The molecule has 0 atom stereocenters. The molecule has 2 aliphatic rings. The standard InChI is InChI=1S/C15H22N2O/c1-11(2)17-8-12(9-17)10-18-14-4-3-13-5-6-16-15(13)7-14/h3-4,7,11-12,16H,5-6,8-10H2,1-2H3. The Labute approximate surface area is 109 Å². The van der Waals surface area contributed by atoms with E-state index in [0.717, 1.165) is 25.3 Å². The molecule has 0 spiro atoms. The van der Waals surface area contributed by atoms with Crippen molar-refractivity contribution in [2.45, 2.75) is 26.3 Å². The van der Waals surface area contributed by atoms with Gasteiger partial charge in [-0.3, -0.25) is 0 Å². The summed E-state index contributed by atoms with van der Waals surface area (Å²) in [6, 6.07) is 7.10. The number of fused-ring (bicyclic) bond motifs is 1. The zero-order chi connectivity index (χ0) is 12.5. The van der Waals surface area contributed by atoms with Crippen LogP contribution in [0.15, 0.2) is 18.2 Å². The van der Waals surface area contributed by atoms with Crippen LogP contribution in [0.2, 0.25) is 0 Å². The highest BCUT2D eigenvalue weighted by Gasteiger charge is 2.28. The molecular weight excluding hydrogens is 224 g/mol. The van der Waals surface area contributed by atoms with Crippen LogP contribution >= 0.6 is 0 Å². The van der Waals surface area contributed by atoms with Crippen LogP contribution in [0, 0.1) is 5.92 Å². The molecule has 1 aromatic rings. The van der Waals surface area contributed by atoms with E-state index in [1.807, 2.05) is 0 Å². The second-order valence-corrected chi connectivity index (χ2v) is 5.72. The maximum Gasteiger partial charge on any atom is 0.121 e. The van der Waals surface area contributed by atoms with Crippen LogP contribution in [0.3, 0.4) is 0 Å². The normalized spacial score (nSPS) is 19.5. The van der Waals surface area contributed by atoms with E-state index < -0.39 is 0 Å². The zero-order valence-electron chi connectivity index (χ0n) is 11.3. The molecule has 0 unspecified atom stereocenters. The molecule has 0 aromatic heterocycles. The lowest BCUT2D eigenvalue weighted by Crippen LogP contribution is -2.52. The summed E-state index contributed by atoms with van der Waals surface area (Å²) in [6.07, 6.45) is 1.14. The minimum atomic E-state index is 0.672. The van der Waals surface area contributed by atoms with Gasteiger partial charge in [-0.05, 0) is 31.9 Å². The maximum atomic E-state index is 5.90. The van der Waals surface area contributed by atoms with Gasteiger partial charge in [-0.15, -0.1) is 0 Å². The minimum Gasteiger partial charge on any atom is -0.493 e. The van der Waals surface area contributed by atoms with Crippen LogP contribution in [-0.2, 0) is 6.42 Å². The van der Waals surface area contributed by atoms with E-state index in [2.05, 4.69) is 42.3 Å². The summed E-state index contributed by atoms with van der Waals surface area (Å²) in [7, 11) is 0. The second kappa shape index (κ2) is 4.81. The number of rotatable bonds is 4. The van der Waals surface area contributed by atoms with Crippen molar-refractivity contribution in [2.75, 3.05) is 31.6 Å². The van der Waals surface area contributed by atoms with E-state index in [4.69, 9.17) is 4.74 Å². The average Bonchev–Trinajstić information content (AvgIpc) is 2.73. The predicted octanol–water partition coefficient (Wildman–Crippen LogP) is 2.37. The first-order valence-electron chi connectivity index (χ1n) is 6.96. The predicted molar refractivity (Wildman–Crippen MR) is 74.3 cm³/mol. The van der Waals surface area contributed by atoms with Gasteiger partial charge in [0, 0.05) is 43.3 Å². The molecule has 1 N–H and O–H groups in total. The highest BCUT2D eigenvalue weighted by atomic mass is 16.5. The van der Waals surface area contributed by atoms with Gasteiger partial charge < -0.3 is 15.0 Å². The van der Waals surface area contributed by atoms with Crippen molar-refractivity contribution < 1.29 is 4.74 Å². The smallest absolute Gasteiger partial charge is 0.121 e. The Morgan fingerprint density at radius 3 is 3.00 bits per heavy atom. The van der Waals surface area contributed by atoms with Crippen molar-refractivity contribution in [3.05, 3.63) is 23.8 Å². The first kappa shape index (κ1) is 11.8. The lowest BCUT2D eigenvalue weighted by atomic mass is 9.99. The third-order valence-corrected chi connectivity index (χ3v) is 3.99. The van der Waals surface area contributed by atoms with Gasteiger partial charge in [-0.1, -0.05) is 6.07 Å². The van der Waals surface area contributed by atoms with Gasteiger partial charge in [0.2, 0.25) is 0 Å². The Hall–Kier alpha value is -1.22. The van der Waals surface area contributed by atoms with E-state index in [1.54, 1.807) is 0 Å². The number of ether oxygens (including phenoxy) is 1. The summed E-state index contributed by atoms with van der Waals surface area (Å²) in [5.41, 5.74) is 2.67. The number of hydrogen-bond donors (Lipinski definition) is 1. The number of nitrogens with zero attached hydrogens (tertiary/aromatic N) is 1. The number of likely N-dealkylation sites (tertiary alicyclic amines) is 1. The molecule has 18 heavy (non-hydrogen) atoms. The molecule has 2 heterocycles. The molecule has 3 nitrogen and oxygen atoms in total. The Balaban J connectivity index is 1.49. The van der Waals surface area contributed by atoms with Gasteiger partial charge in [0.1, 0.15) is 5.75 Å². The third kappa shape index (κ3) is 2.32. The summed E-state index contributed by atoms with van der Waals surface area (Å²) < 4.78 is 5.90. The number of anilines is 1. The fourth-order valence-corrected chi connectivity index (χ4v) is 2.71. The lowest BCUT2D eigenvalue weighted by molar-refractivity contribution is 0.0375. The first-order chi connectivity index (χ1) is 8.72. The van der Waals surface area contributed by atoms with Gasteiger partial charge in [0.15, 0.2) is 0 Å². The lowest BCUT2D eigenvalue weighted by Gasteiger charge is -2.41. The highest BCUT2D eigenvalue weighted by molar-refractivity contribution is 5.58. The van der Waals surface area contributed by atoms with Gasteiger partial charge >= 0.3 is 0 Å². The van der Waals surface area contributed by atoms with Crippen LogP contribution in [0.1, 0.15) is 19.4 Å². The zero-order valence-corrected chi connectivity index (χ0v) is 11.3. The van der Waals surface area contributed by atoms with Crippen LogP contribution in [0.5, 0.6) is 5.75 Å². The Morgan fingerprint density at radius 2 is 2.22 bits per heavy atom. The molecule has 0 bridgehead atoms. The van der Waals surface area contributed by atoms with Crippen molar-refractivity contribution >= 4 is 5.69 Å². The summed E-state index contributed by atoms with van der Waals surface area (Å²) in [4.78, 5) is 2.48. The number of nitrogens with one attached hydrogen (secondary N) is 1. The quantitative estimate of drug-likeness (QED) is 0.882. The van der Waals surface area contributed by atoms with E-state index in [0.29, 0.717) is 12.0 Å². The van der Waals surface area contributed by atoms with E-state index in [9.17, 15) is 0 Å². The van der Waals surface area contributed by atoms with Gasteiger partial charge in [-0.2, -0.15) is 0 Å². The van der Waals surface area contributed by atoms with Crippen LogP contribution in [-0.4, -0.2) is 37.2 Å². The van der Waals surface area contributed by atoms with Crippen LogP contribution < -0.4 is 10.1 Å². The molecule has 0 radical (unpaired) electrons. The van der Waals surface area contributed by atoms with E-state index in [-0.39, 0.29) is 0 Å². The van der Waals surface area contributed by atoms with E-state index >= 15 is 0 Å². The van der Waals surface area contributed by atoms with E-state index in [1.165, 1.54) is 24.3 Å². The molecule has 2 aliphatic heterocycles. The molecule has 3 rings (SSSR count). The van der Waals surface area contributed by atoms with Gasteiger partial charge in [-0.25, -0.2) is 0 Å². The van der Waals surface area contributed by atoms with Gasteiger partial charge in [0.25, 0.3) is 0 Å². The van der Waals surface area contributed by atoms with Crippen molar-refractivity contribution in [1.82, 2.24) is 4.90 Å². The summed E-state index contributed by atoms with van der Waals surface area (Å²) in [5.74, 6) is 1.71.